The molecule has 7 aromatic carbocycles. The molecular weight excluding hydrogens is 683 g/mol. The highest BCUT2D eigenvalue weighted by atomic mass is 16.3. The lowest BCUT2D eigenvalue weighted by molar-refractivity contribution is 0.590. The van der Waals surface area contributed by atoms with Gasteiger partial charge in [0.15, 0.2) is 0 Å². The fourth-order valence-corrected chi connectivity index (χ4v) is 9.34. The third-order valence-corrected chi connectivity index (χ3v) is 12.3. The maximum atomic E-state index is 7.01. The molecule has 56 heavy (non-hydrogen) atoms. The minimum atomic E-state index is -0.0206. The van der Waals surface area contributed by atoms with Crippen molar-refractivity contribution in [1.29, 1.82) is 0 Å². The lowest BCUT2D eigenvalue weighted by atomic mass is 9.42. The standard InChI is InChI=1S/C51H43BN2O2/c1-50(2,3)30-17-20-32(21-18-30)53-40-24-16-29-12-8-9-13-33(29)45(40)36-23-22-35-37-28-44-38(34-14-10-11-15-42(34)55-44)27-41(37)54-47(35)46(36)52(7)49-48(54)39-26-31(51(4,5)6)19-25-43(39)56-49/h8-28,53H,1-7H3. The molecule has 0 saturated heterocycles. The fourth-order valence-electron chi connectivity index (χ4n) is 9.34. The van der Waals surface area contributed by atoms with Crippen molar-refractivity contribution in [3.63, 3.8) is 0 Å². The summed E-state index contributed by atoms with van der Waals surface area (Å²) < 4.78 is 16.0. The van der Waals surface area contributed by atoms with Crippen LogP contribution >= 0.6 is 0 Å². The first-order valence-electron chi connectivity index (χ1n) is 19.8. The molecule has 0 radical (unpaired) electrons. The summed E-state index contributed by atoms with van der Waals surface area (Å²) in [6.45, 7) is 15.9. The summed E-state index contributed by atoms with van der Waals surface area (Å²) in [6.07, 6.45) is 0. The molecule has 4 nitrogen and oxygen atoms in total. The zero-order chi connectivity index (χ0) is 38.2. The van der Waals surface area contributed by atoms with Gasteiger partial charge < -0.3 is 18.7 Å². The van der Waals surface area contributed by atoms with Crippen LogP contribution in [0, 0.1) is 0 Å². The molecule has 0 bridgehead atoms. The number of fused-ring (bicyclic) bond motifs is 11. The third kappa shape index (κ3) is 4.73. The molecule has 4 heterocycles. The highest BCUT2D eigenvalue weighted by Crippen LogP contribution is 2.45. The van der Waals surface area contributed by atoms with Gasteiger partial charge >= 0.3 is 0 Å². The zero-order valence-electron chi connectivity index (χ0n) is 33.0. The quantitative estimate of drug-likeness (QED) is 0.184. The van der Waals surface area contributed by atoms with Gasteiger partial charge in [-0.3, -0.25) is 0 Å². The second-order valence-electron chi connectivity index (χ2n) is 17.9. The van der Waals surface area contributed by atoms with Gasteiger partial charge in [0.1, 0.15) is 16.7 Å². The number of hydrogen-bond donors (Lipinski definition) is 1. The smallest absolute Gasteiger partial charge is 0.258 e. The Bertz CT molecular complexity index is 3250. The van der Waals surface area contributed by atoms with Gasteiger partial charge in [-0.15, -0.1) is 0 Å². The molecule has 5 heteroatoms. The lowest BCUT2D eigenvalue weighted by Crippen LogP contribution is -2.45. The van der Waals surface area contributed by atoms with Gasteiger partial charge in [0.25, 0.3) is 6.71 Å². The van der Waals surface area contributed by atoms with Gasteiger partial charge in [-0.1, -0.05) is 127 Å². The summed E-state index contributed by atoms with van der Waals surface area (Å²) in [4.78, 5) is 0. The van der Waals surface area contributed by atoms with Crippen LogP contribution in [0.2, 0.25) is 6.82 Å². The van der Waals surface area contributed by atoms with Crippen molar-refractivity contribution in [1.82, 2.24) is 4.57 Å². The molecule has 0 spiro atoms. The fraction of sp³-hybridized carbons (Fsp3) is 0.176. The lowest BCUT2D eigenvalue weighted by Gasteiger charge is -2.25. The number of aromatic nitrogens is 1. The zero-order valence-corrected chi connectivity index (χ0v) is 33.0. The number of benzene rings is 7. The Morgan fingerprint density at radius 3 is 2.05 bits per heavy atom. The molecule has 3 aromatic heterocycles. The number of hydrogen-bond acceptors (Lipinski definition) is 3. The van der Waals surface area contributed by atoms with Crippen molar-refractivity contribution in [2.75, 3.05) is 5.32 Å². The Hall–Kier alpha value is -6.20. The third-order valence-electron chi connectivity index (χ3n) is 12.3. The average molecular weight is 727 g/mol. The van der Waals surface area contributed by atoms with Crippen LogP contribution in [0.3, 0.4) is 0 Å². The highest BCUT2D eigenvalue weighted by Gasteiger charge is 2.37. The van der Waals surface area contributed by atoms with Gasteiger partial charge in [0, 0.05) is 49.4 Å². The van der Waals surface area contributed by atoms with E-state index in [1.807, 2.05) is 6.07 Å². The van der Waals surface area contributed by atoms with Crippen molar-refractivity contribution < 1.29 is 8.83 Å². The summed E-state index contributed by atoms with van der Waals surface area (Å²) >= 11 is 0. The summed E-state index contributed by atoms with van der Waals surface area (Å²) in [5, 5.41) is 12.1. The van der Waals surface area contributed by atoms with Gasteiger partial charge in [0.05, 0.1) is 16.9 Å². The molecule has 0 fully saturated rings. The average Bonchev–Trinajstić information content (AvgIpc) is 3.85. The number of nitrogens with zero attached hydrogens (tertiary/aromatic N) is 1. The van der Waals surface area contributed by atoms with Crippen LogP contribution in [-0.2, 0) is 10.8 Å². The van der Waals surface area contributed by atoms with E-state index in [0.717, 1.165) is 61.1 Å². The largest absolute Gasteiger partial charge is 0.469 e. The molecule has 0 aliphatic carbocycles. The number of rotatable bonds is 3. The van der Waals surface area contributed by atoms with E-state index < -0.39 is 0 Å². The first-order chi connectivity index (χ1) is 26.9. The molecule has 272 valence electrons. The van der Waals surface area contributed by atoms with Crippen LogP contribution in [0.25, 0.3) is 82.3 Å². The van der Waals surface area contributed by atoms with Gasteiger partial charge in [-0.2, -0.15) is 0 Å². The monoisotopic (exact) mass is 726 g/mol. The molecule has 0 unspecified atom stereocenters. The minimum Gasteiger partial charge on any atom is -0.469 e. The maximum Gasteiger partial charge on any atom is 0.258 e. The normalized spacial score (nSPS) is 13.2. The number of nitrogens with one attached hydrogen (secondary N) is 1. The molecule has 10 aromatic rings. The van der Waals surface area contributed by atoms with E-state index in [0.29, 0.717) is 0 Å². The summed E-state index contributed by atoms with van der Waals surface area (Å²) in [5.41, 5.74) is 15.7. The van der Waals surface area contributed by atoms with Crippen molar-refractivity contribution in [3.8, 4) is 16.8 Å². The molecule has 1 N–H and O–H groups in total. The van der Waals surface area contributed by atoms with E-state index in [2.05, 4.69) is 180 Å². The Balaban J connectivity index is 1.24. The SMILES string of the molecule is CB1c2oc3ccc(C(C)(C)C)cc3c2-n2c3cc4c(cc3c3ccc(-c5c(Nc6ccc(C(C)(C)C)cc6)ccc6ccccc56)c1c32)oc1ccccc14. The maximum absolute atomic E-state index is 7.01. The molecule has 1 aliphatic heterocycles. The minimum absolute atomic E-state index is 0.00944. The molecule has 0 saturated carbocycles. The van der Waals surface area contributed by atoms with Crippen LogP contribution < -0.4 is 16.4 Å². The predicted molar refractivity (Wildman–Crippen MR) is 239 cm³/mol. The Labute approximate surface area is 326 Å². The van der Waals surface area contributed by atoms with Gasteiger partial charge in [-0.05, 0) is 92.3 Å². The Morgan fingerprint density at radius 1 is 0.554 bits per heavy atom. The summed E-state index contributed by atoms with van der Waals surface area (Å²) in [5.74, 6) is 0. The van der Waals surface area contributed by atoms with E-state index in [4.69, 9.17) is 8.83 Å². The first kappa shape index (κ1) is 33.2. The van der Waals surface area contributed by atoms with Crippen LogP contribution in [0.15, 0.2) is 136 Å². The van der Waals surface area contributed by atoms with E-state index in [-0.39, 0.29) is 17.5 Å². The number of para-hydroxylation sites is 1. The van der Waals surface area contributed by atoms with Crippen LogP contribution in [0.1, 0.15) is 52.7 Å². The van der Waals surface area contributed by atoms with Gasteiger partial charge in [-0.25, -0.2) is 0 Å². The highest BCUT2D eigenvalue weighted by molar-refractivity contribution is 6.88. The molecule has 0 amide bonds. The van der Waals surface area contributed by atoms with Crippen molar-refractivity contribution in [2.45, 2.75) is 59.2 Å². The van der Waals surface area contributed by atoms with Gasteiger partial charge in [0.2, 0.25) is 0 Å². The topological polar surface area (TPSA) is 43.2 Å². The Morgan fingerprint density at radius 2 is 1.27 bits per heavy atom. The molecule has 0 atom stereocenters. The molecule has 1 aliphatic rings. The number of furan rings is 2. The Kier molecular flexibility index (Phi) is 6.77. The summed E-state index contributed by atoms with van der Waals surface area (Å²) in [6, 6.07) is 46.6. The van der Waals surface area contributed by atoms with E-state index in [1.165, 1.54) is 54.8 Å². The van der Waals surface area contributed by atoms with Crippen molar-refractivity contribution in [2.24, 2.45) is 0 Å². The molecule has 11 rings (SSSR count). The van der Waals surface area contributed by atoms with Crippen LogP contribution in [-0.4, -0.2) is 11.3 Å². The van der Waals surface area contributed by atoms with E-state index >= 15 is 0 Å². The van der Waals surface area contributed by atoms with E-state index in [9.17, 15) is 0 Å². The van der Waals surface area contributed by atoms with E-state index in [1.54, 1.807) is 0 Å². The predicted octanol–water partition coefficient (Wildman–Crippen LogP) is 13.1. The molecular formula is C51H43BN2O2. The number of anilines is 2. The van der Waals surface area contributed by atoms with Crippen molar-refractivity contribution >= 4 is 94.7 Å². The second-order valence-corrected chi connectivity index (χ2v) is 17.9. The van der Waals surface area contributed by atoms with Crippen LogP contribution in [0.5, 0.6) is 0 Å². The summed E-state index contributed by atoms with van der Waals surface area (Å²) in [7, 11) is 0. The van der Waals surface area contributed by atoms with Crippen LogP contribution in [0.4, 0.5) is 11.4 Å². The first-order valence-corrected chi connectivity index (χ1v) is 19.8. The van der Waals surface area contributed by atoms with Crippen molar-refractivity contribution in [3.05, 3.63) is 139 Å². The second kappa shape index (κ2) is 11.4.